The van der Waals surface area contributed by atoms with E-state index in [1.807, 2.05) is 30.3 Å². The number of ether oxygens (including phenoxy) is 3. The highest BCUT2D eigenvalue weighted by molar-refractivity contribution is 5.20. The maximum atomic E-state index is 4.94. The molecule has 1 aromatic rings. The zero-order valence-electron chi connectivity index (χ0n) is 8.44. The third kappa shape index (κ3) is 4.84. The highest BCUT2D eigenvalue weighted by atomic mass is 16.6. The van der Waals surface area contributed by atoms with Crippen LogP contribution >= 0.6 is 0 Å². The smallest absolute Gasteiger partial charge is 0.118 e. The van der Waals surface area contributed by atoms with Crippen LogP contribution in [-0.2, 0) is 9.47 Å². The van der Waals surface area contributed by atoms with Crippen LogP contribution in [0.4, 0.5) is 0 Å². The average molecular weight is 196 g/mol. The summed E-state index contributed by atoms with van der Waals surface area (Å²) in [6.45, 7) is 3.11. The van der Waals surface area contributed by atoms with E-state index in [2.05, 4.69) is 0 Å². The predicted octanol–water partition coefficient (Wildman–Crippen LogP) is 1.73. The highest BCUT2D eigenvalue weighted by Crippen LogP contribution is 2.05. The molecule has 78 valence electrons. The SMILES string of the molecule is C1COCCO1.COc1ccccc1. The van der Waals surface area contributed by atoms with Crippen molar-refractivity contribution in [2.75, 3.05) is 33.5 Å². The Hall–Kier alpha value is -1.06. The molecule has 14 heavy (non-hydrogen) atoms. The number of rotatable bonds is 1. The molecule has 0 radical (unpaired) electrons. The van der Waals surface area contributed by atoms with Crippen molar-refractivity contribution in [2.45, 2.75) is 0 Å². The molecule has 1 aromatic carbocycles. The van der Waals surface area contributed by atoms with Gasteiger partial charge in [0, 0.05) is 0 Å². The van der Waals surface area contributed by atoms with Gasteiger partial charge in [-0.15, -0.1) is 0 Å². The first-order valence-electron chi connectivity index (χ1n) is 4.68. The van der Waals surface area contributed by atoms with Gasteiger partial charge in [0.15, 0.2) is 0 Å². The zero-order chi connectivity index (χ0) is 10.1. The fourth-order valence-electron chi connectivity index (χ4n) is 0.996. The molecule has 1 aliphatic rings. The van der Waals surface area contributed by atoms with Gasteiger partial charge < -0.3 is 14.2 Å². The molecular formula is C11H16O3. The van der Waals surface area contributed by atoms with Crippen LogP contribution in [0.25, 0.3) is 0 Å². The largest absolute Gasteiger partial charge is 0.497 e. The molecule has 0 bridgehead atoms. The molecule has 3 nitrogen and oxygen atoms in total. The molecule has 0 aromatic heterocycles. The molecule has 0 N–H and O–H groups in total. The van der Waals surface area contributed by atoms with Gasteiger partial charge in [-0.3, -0.25) is 0 Å². The van der Waals surface area contributed by atoms with Crippen LogP contribution in [0, 0.1) is 0 Å². The molecule has 1 saturated heterocycles. The zero-order valence-corrected chi connectivity index (χ0v) is 8.44. The molecule has 0 amide bonds. The van der Waals surface area contributed by atoms with Crippen molar-refractivity contribution in [2.24, 2.45) is 0 Å². The minimum atomic E-state index is 0.778. The second kappa shape index (κ2) is 7.35. The van der Waals surface area contributed by atoms with E-state index in [0.717, 1.165) is 32.2 Å². The van der Waals surface area contributed by atoms with Gasteiger partial charge in [-0.25, -0.2) is 0 Å². The average Bonchev–Trinajstić information content (AvgIpc) is 2.33. The molecule has 0 unspecified atom stereocenters. The summed E-state index contributed by atoms with van der Waals surface area (Å²) in [5.74, 6) is 0.910. The first-order chi connectivity index (χ1) is 6.93. The van der Waals surface area contributed by atoms with E-state index in [0.29, 0.717) is 0 Å². The van der Waals surface area contributed by atoms with Crippen LogP contribution in [0.1, 0.15) is 0 Å². The quantitative estimate of drug-likeness (QED) is 0.684. The molecule has 0 saturated carbocycles. The van der Waals surface area contributed by atoms with Crippen molar-refractivity contribution < 1.29 is 14.2 Å². The van der Waals surface area contributed by atoms with E-state index in [1.54, 1.807) is 7.11 Å². The summed E-state index contributed by atoms with van der Waals surface area (Å²) in [6, 6.07) is 9.68. The lowest BCUT2D eigenvalue weighted by molar-refractivity contribution is -0.0334. The third-order valence-corrected chi connectivity index (χ3v) is 1.72. The van der Waals surface area contributed by atoms with Gasteiger partial charge in [0.25, 0.3) is 0 Å². The molecule has 3 heteroatoms. The molecule has 0 aliphatic carbocycles. The van der Waals surface area contributed by atoms with Gasteiger partial charge in [-0.05, 0) is 12.1 Å². The van der Waals surface area contributed by atoms with E-state index in [4.69, 9.17) is 14.2 Å². The number of methoxy groups -OCH3 is 1. The maximum absolute atomic E-state index is 4.94. The van der Waals surface area contributed by atoms with Crippen molar-refractivity contribution >= 4 is 0 Å². The van der Waals surface area contributed by atoms with Crippen LogP contribution in [0.5, 0.6) is 5.75 Å². The van der Waals surface area contributed by atoms with Crippen LogP contribution in [0.15, 0.2) is 30.3 Å². The predicted molar refractivity (Wildman–Crippen MR) is 54.6 cm³/mol. The van der Waals surface area contributed by atoms with E-state index in [9.17, 15) is 0 Å². The van der Waals surface area contributed by atoms with Crippen molar-refractivity contribution in [3.05, 3.63) is 30.3 Å². The summed E-state index contributed by atoms with van der Waals surface area (Å²) < 4.78 is 14.8. The fraction of sp³-hybridized carbons (Fsp3) is 0.455. The molecule has 1 heterocycles. The Morgan fingerprint density at radius 2 is 1.43 bits per heavy atom. The van der Waals surface area contributed by atoms with E-state index < -0.39 is 0 Å². The van der Waals surface area contributed by atoms with Crippen LogP contribution in [0.3, 0.4) is 0 Å². The summed E-state index contributed by atoms with van der Waals surface area (Å²) >= 11 is 0. The van der Waals surface area contributed by atoms with Gasteiger partial charge in [0.05, 0.1) is 33.5 Å². The highest BCUT2D eigenvalue weighted by Gasteiger charge is 1.94. The Bertz CT molecular complexity index is 208. The third-order valence-electron chi connectivity index (χ3n) is 1.72. The van der Waals surface area contributed by atoms with Crippen LogP contribution in [0.2, 0.25) is 0 Å². The Morgan fingerprint density at radius 3 is 1.71 bits per heavy atom. The molecule has 1 aliphatic heterocycles. The van der Waals surface area contributed by atoms with Crippen molar-refractivity contribution in [1.29, 1.82) is 0 Å². The summed E-state index contributed by atoms with van der Waals surface area (Å²) in [6.07, 6.45) is 0. The summed E-state index contributed by atoms with van der Waals surface area (Å²) in [7, 11) is 1.66. The topological polar surface area (TPSA) is 27.7 Å². The summed E-state index contributed by atoms with van der Waals surface area (Å²) in [5, 5.41) is 0. The molecule has 2 rings (SSSR count). The van der Waals surface area contributed by atoms with Gasteiger partial charge in [0.2, 0.25) is 0 Å². The van der Waals surface area contributed by atoms with Crippen molar-refractivity contribution in [1.82, 2.24) is 0 Å². The minimum absolute atomic E-state index is 0.778. The summed E-state index contributed by atoms with van der Waals surface area (Å²) in [5.41, 5.74) is 0. The first kappa shape index (κ1) is 11.0. The monoisotopic (exact) mass is 196 g/mol. The Balaban J connectivity index is 0.000000146. The first-order valence-corrected chi connectivity index (χ1v) is 4.68. The molecule has 0 spiro atoms. The number of benzene rings is 1. The van der Waals surface area contributed by atoms with E-state index >= 15 is 0 Å². The van der Waals surface area contributed by atoms with E-state index in [-0.39, 0.29) is 0 Å². The van der Waals surface area contributed by atoms with Crippen LogP contribution in [-0.4, -0.2) is 33.5 Å². The second-order valence-corrected chi connectivity index (χ2v) is 2.74. The molecule has 0 atom stereocenters. The Morgan fingerprint density at radius 1 is 0.929 bits per heavy atom. The van der Waals surface area contributed by atoms with Gasteiger partial charge in [-0.2, -0.15) is 0 Å². The Labute approximate surface area is 84.6 Å². The van der Waals surface area contributed by atoms with Gasteiger partial charge >= 0.3 is 0 Å². The van der Waals surface area contributed by atoms with Crippen molar-refractivity contribution in [3.63, 3.8) is 0 Å². The van der Waals surface area contributed by atoms with E-state index in [1.165, 1.54) is 0 Å². The Kier molecular flexibility index (Phi) is 5.79. The van der Waals surface area contributed by atoms with Crippen molar-refractivity contribution in [3.8, 4) is 5.75 Å². The molecule has 1 fully saturated rings. The van der Waals surface area contributed by atoms with Gasteiger partial charge in [-0.1, -0.05) is 18.2 Å². The maximum Gasteiger partial charge on any atom is 0.118 e. The lowest BCUT2D eigenvalue weighted by atomic mass is 10.3. The molecular weight excluding hydrogens is 180 g/mol. The number of para-hydroxylation sites is 1. The lowest BCUT2D eigenvalue weighted by Gasteiger charge is -2.09. The number of hydrogen-bond donors (Lipinski definition) is 0. The standard InChI is InChI=1S/C7H8O.C4H8O2/c1-8-7-5-3-2-4-6-7;1-2-6-4-3-5-1/h2-6H,1H3;1-4H2. The second-order valence-electron chi connectivity index (χ2n) is 2.74. The van der Waals surface area contributed by atoms with Crippen LogP contribution < -0.4 is 4.74 Å². The minimum Gasteiger partial charge on any atom is -0.497 e. The summed E-state index contributed by atoms with van der Waals surface area (Å²) in [4.78, 5) is 0. The van der Waals surface area contributed by atoms with Gasteiger partial charge in [0.1, 0.15) is 5.75 Å². The lowest BCUT2D eigenvalue weighted by Crippen LogP contribution is -2.16. The number of hydrogen-bond acceptors (Lipinski definition) is 3. The fourth-order valence-corrected chi connectivity index (χ4v) is 0.996. The normalized spacial score (nSPS) is 15.2.